The molecule has 0 spiro atoms. The van der Waals surface area contributed by atoms with E-state index in [1.165, 1.54) is 15.8 Å². The fraction of sp³-hybridized carbons (Fsp3) is 0.417. The Kier molecular flexibility index (Phi) is 2.88. The molecule has 0 aliphatic carbocycles. The number of thioether (sulfide) groups is 1. The van der Waals surface area contributed by atoms with E-state index in [9.17, 15) is 0 Å². The molecule has 1 N–H and O–H groups in total. The highest BCUT2D eigenvalue weighted by atomic mass is 32.2. The Hall–Kier alpha value is -0.960. The number of fused-ring (bicyclic) bond motifs is 5. The van der Waals surface area contributed by atoms with Crippen molar-refractivity contribution >= 4 is 51.2 Å². The van der Waals surface area contributed by atoms with Crippen molar-refractivity contribution in [1.29, 1.82) is 0 Å². The maximum atomic E-state index is 5.34. The topological polar surface area (TPSA) is 49.2 Å². The number of hydrogen-bond donors (Lipinski definition) is 1. The van der Waals surface area contributed by atoms with Crippen molar-refractivity contribution in [2.75, 3.05) is 19.8 Å². The first-order valence-electron chi connectivity index (χ1n) is 6.33. The van der Waals surface area contributed by atoms with Crippen molar-refractivity contribution in [3.63, 3.8) is 0 Å². The van der Waals surface area contributed by atoms with E-state index in [-0.39, 0.29) is 0 Å². The van der Waals surface area contributed by atoms with Crippen LogP contribution in [0.4, 0.5) is 0 Å². The van der Waals surface area contributed by atoms with Crippen LogP contribution in [0, 0.1) is 4.77 Å². The summed E-state index contributed by atoms with van der Waals surface area (Å²) in [4.78, 5) is 9.62. The summed E-state index contributed by atoms with van der Waals surface area (Å²) in [5.74, 6) is 0. The van der Waals surface area contributed by atoms with Gasteiger partial charge in [0.05, 0.1) is 5.39 Å². The molecule has 0 bridgehead atoms. The zero-order valence-electron chi connectivity index (χ0n) is 11.1. The van der Waals surface area contributed by atoms with Gasteiger partial charge in [0.1, 0.15) is 4.83 Å². The molecule has 0 fully saturated rings. The highest BCUT2D eigenvalue weighted by molar-refractivity contribution is 7.98. The number of hydrogen-bond acceptors (Lipinski definition) is 6. The highest BCUT2D eigenvalue weighted by Crippen LogP contribution is 2.37. The van der Waals surface area contributed by atoms with Gasteiger partial charge in [-0.2, -0.15) is 5.10 Å². The summed E-state index contributed by atoms with van der Waals surface area (Å²) in [7, 11) is 2.16. The summed E-state index contributed by atoms with van der Waals surface area (Å²) in [6.07, 6.45) is 3.07. The maximum absolute atomic E-state index is 5.34. The first-order valence-corrected chi connectivity index (χ1v) is 8.78. The predicted octanol–water partition coefficient (Wildman–Crippen LogP) is 2.71. The van der Waals surface area contributed by atoms with Gasteiger partial charge >= 0.3 is 0 Å². The van der Waals surface area contributed by atoms with Gasteiger partial charge in [-0.05, 0) is 37.5 Å². The van der Waals surface area contributed by atoms with Crippen molar-refractivity contribution in [2.45, 2.75) is 18.1 Å². The molecule has 20 heavy (non-hydrogen) atoms. The van der Waals surface area contributed by atoms with Gasteiger partial charge < -0.3 is 4.90 Å². The summed E-state index contributed by atoms with van der Waals surface area (Å²) >= 11 is 8.73. The number of likely N-dealkylation sites (N-methyl/N-ethyl adjacent to an activating group) is 1. The number of nitrogens with one attached hydrogen (secondary N) is 1. The Bertz CT molecular complexity index is 875. The maximum Gasteiger partial charge on any atom is 0.201 e. The lowest BCUT2D eigenvalue weighted by atomic mass is 10.1. The Morgan fingerprint density at radius 3 is 3.10 bits per heavy atom. The smallest absolute Gasteiger partial charge is 0.201 e. The Morgan fingerprint density at radius 1 is 1.45 bits per heavy atom. The van der Waals surface area contributed by atoms with Crippen LogP contribution in [0.5, 0.6) is 0 Å². The van der Waals surface area contributed by atoms with Crippen molar-refractivity contribution < 1.29 is 0 Å². The van der Waals surface area contributed by atoms with E-state index in [2.05, 4.69) is 22.1 Å². The van der Waals surface area contributed by atoms with Crippen LogP contribution in [-0.2, 0) is 13.0 Å². The predicted molar refractivity (Wildman–Crippen MR) is 85.4 cm³/mol. The lowest BCUT2D eigenvalue weighted by molar-refractivity contribution is 0.318. The summed E-state index contributed by atoms with van der Waals surface area (Å²) in [6.45, 7) is 2.09. The molecule has 0 radical (unpaired) electrons. The number of aromatic amines is 1. The second-order valence-corrected chi connectivity index (χ2v) is 7.20. The zero-order chi connectivity index (χ0) is 13.9. The van der Waals surface area contributed by atoms with Crippen molar-refractivity contribution in [2.24, 2.45) is 0 Å². The molecule has 4 rings (SSSR count). The average Bonchev–Trinajstić information content (AvgIpc) is 2.98. The Balaban J connectivity index is 2.15. The largest absolute Gasteiger partial charge is 0.301 e. The zero-order valence-corrected chi connectivity index (χ0v) is 13.6. The van der Waals surface area contributed by atoms with Crippen LogP contribution in [0.15, 0.2) is 5.16 Å². The molecule has 1 aliphatic rings. The number of thiophene rings is 1. The lowest BCUT2D eigenvalue weighted by Gasteiger charge is -2.21. The minimum absolute atomic E-state index is 0.617. The van der Waals surface area contributed by atoms with Gasteiger partial charge in [-0.1, -0.05) is 11.8 Å². The lowest BCUT2D eigenvalue weighted by Crippen LogP contribution is -2.25. The van der Waals surface area contributed by atoms with Crippen LogP contribution in [-0.4, -0.2) is 44.3 Å². The third kappa shape index (κ3) is 1.68. The summed E-state index contributed by atoms with van der Waals surface area (Å²) < 4.78 is 2.57. The minimum Gasteiger partial charge on any atom is -0.301 e. The summed E-state index contributed by atoms with van der Waals surface area (Å²) in [5.41, 5.74) is 2.33. The second kappa shape index (κ2) is 4.52. The van der Waals surface area contributed by atoms with Gasteiger partial charge in [0.25, 0.3) is 0 Å². The van der Waals surface area contributed by atoms with Crippen molar-refractivity contribution in [3.05, 3.63) is 15.2 Å². The summed E-state index contributed by atoms with van der Waals surface area (Å²) in [5, 5.41) is 9.43. The van der Waals surface area contributed by atoms with E-state index < -0.39 is 0 Å². The molecule has 5 nitrogen and oxygen atoms in total. The molecule has 0 unspecified atom stereocenters. The van der Waals surface area contributed by atoms with Crippen LogP contribution in [0.25, 0.3) is 15.9 Å². The number of rotatable bonds is 1. The van der Waals surface area contributed by atoms with E-state index >= 15 is 0 Å². The normalized spacial score (nSPS) is 16.1. The Morgan fingerprint density at radius 2 is 2.30 bits per heavy atom. The molecule has 3 aromatic rings. The van der Waals surface area contributed by atoms with E-state index in [0.717, 1.165) is 35.1 Å². The second-order valence-electron chi connectivity index (χ2n) is 4.96. The van der Waals surface area contributed by atoms with E-state index in [4.69, 9.17) is 17.2 Å². The van der Waals surface area contributed by atoms with Gasteiger partial charge in [-0.3, -0.25) is 5.10 Å². The van der Waals surface area contributed by atoms with Crippen LogP contribution in [0.3, 0.4) is 0 Å². The molecule has 0 amide bonds. The molecule has 0 atom stereocenters. The molecule has 8 heteroatoms. The molecule has 4 heterocycles. The third-order valence-electron chi connectivity index (χ3n) is 3.70. The minimum atomic E-state index is 0.617. The van der Waals surface area contributed by atoms with Crippen molar-refractivity contribution in [1.82, 2.24) is 24.5 Å². The van der Waals surface area contributed by atoms with Crippen LogP contribution >= 0.6 is 35.3 Å². The van der Waals surface area contributed by atoms with E-state index in [1.807, 2.05) is 10.7 Å². The van der Waals surface area contributed by atoms with Crippen molar-refractivity contribution in [3.8, 4) is 0 Å². The first kappa shape index (κ1) is 12.8. The van der Waals surface area contributed by atoms with Crippen LogP contribution in [0.1, 0.15) is 10.4 Å². The van der Waals surface area contributed by atoms with Gasteiger partial charge in [-0.15, -0.1) is 11.3 Å². The molecule has 0 aromatic carbocycles. The fourth-order valence-electron chi connectivity index (χ4n) is 2.74. The molecular weight excluding hydrogens is 310 g/mol. The fourth-order valence-corrected chi connectivity index (χ4v) is 4.91. The van der Waals surface area contributed by atoms with Gasteiger partial charge in [0, 0.05) is 18.0 Å². The molecule has 1 aliphatic heterocycles. The molecular formula is C12H13N5S3. The average molecular weight is 323 g/mol. The molecule has 3 aromatic heterocycles. The standard InChI is InChI=1S/C12H13N5S3/c1-16-4-3-6-7(5-16)20-10-8(6)9-14-15-11(18)17(9)12(13-10)19-2/h3-5H2,1-2H3,(H,15,18). The molecule has 0 saturated heterocycles. The SMILES string of the molecule is CSc1nc2sc3c(c2c2n[nH]c(=S)n12)CCN(C)C3. The third-order valence-corrected chi connectivity index (χ3v) is 5.72. The summed E-state index contributed by atoms with van der Waals surface area (Å²) in [6, 6.07) is 0. The highest BCUT2D eigenvalue weighted by Gasteiger charge is 2.23. The van der Waals surface area contributed by atoms with Gasteiger partial charge in [0.2, 0.25) is 4.77 Å². The van der Waals surface area contributed by atoms with E-state index in [1.54, 1.807) is 23.1 Å². The van der Waals surface area contributed by atoms with E-state index in [0.29, 0.717) is 4.77 Å². The Labute approximate surface area is 129 Å². The number of aromatic nitrogens is 4. The van der Waals surface area contributed by atoms with Crippen LogP contribution in [0.2, 0.25) is 0 Å². The van der Waals surface area contributed by atoms with Crippen LogP contribution < -0.4 is 0 Å². The number of H-pyrrole nitrogens is 1. The van der Waals surface area contributed by atoms with Gasteiger partial charge in [0.15, 0.2) is 10.8 Å². The quantitative estimate of drug-likeness (QED) is 0.424. The molecule has 0 saturated carbocycles. The first-order chi connectivity index (χ1) is 9.69. The number of nitrogens with zero attached hydrogens (tertiary/aromatic N) is 4. The molecule has 104 valence electrons. The monoisotopic (exact) mass is 323 g/mol. The van der Waals surface area contributed by atoms with Gasteiger partial charge in [-0.25, -0.2) is 9.38 Å².